The topological polar surface area (TPSA) is 90.0 Å². The molecule has 10 heteroatoms. The first kappa shape index (κ1) is 19.0. The van der Waals surface area contributed by atoms with Gasteiger partial charge in [0.2, 0.25) is 5.91 Å². The predicted octanol–water partition coefficient (Wildman–Crippen LogP) is 0.512. The fourth-order valence-electron chi connectivity index (χ4n) is 1.40. The molecule has 2 N–H and O–H groups in total. The molecule has 0 spiro atoms. The Morgan fingerprint density at radius 2 is 1.81 bits per heavy atom. The van der Waals surface area contributed by atoms with Crippen molar-refractivity contribution < 1.29 is 32.7 Å². The van der Waals surface area contributed by atoms with E-state index in [-0.39, 0.29) is 4.90 Å². The van der Waals surface area contributed by atoms with Crippen molar-refractivity contribution in [2.24, 2.45) is 0 Å². The van der Waals surface area contributed by atoms with Crippen LogP contribution in [0.25, 0.3) is 0 Å². The quantitative estimate of drug-likeness (QED) is 0.748. The third kappa shape index (κ3) is 7.37. The summed E-state index contributed by atoms with van der Waals surface area (Å²) in [6.45, 7) is 0.526. The minimum atomic E-state index is -4.74. The largest absolute Gasteiger partial charge is 0.480 e. The van der Waals surface area contributed by atoms with Gasteiger partial charge in [-0.25, -0.2) is 4.79 Å². The van der Waals surface area contributed by atoms with E-state index in [1.165, 1.54) is 18.9 Å². The van der Waals surface area contributed by atoms with Gasteiger partial charge in [-0.1, -0.05) is 0 Å². The molecule has 21 heavy (non-hydrogen) atoms. The number of amides is 3. The summed E-state index contributed by atoms with van der Waals surface area (Å²) in [7, 11) is 1.47. The first-order valence-corrected chi connectivity index (χ1v) is 6.06. The maximum absolute atomic E-state index is 12.3. The van der Waals surface area contributed by atoms with Crippen molar-refractivity contribution in [3.63, 3.8) is 0 Å². The summed E-state index contributed by atoms with van der Waals surface area (Å²) in [6, 6.07) is -2.33. The van der Waals surface area contributed by atoms with Gasteiger partial charge in [-0.3, -0.25) is 9.59 Å². The number of alkyl halides is 3. The van der Waals surface area contributed by atoms with Crippen LogP contribution in [0.2, 0.25) is 0 Å². The molecule has 1 unspecified atom stereocenters. The highest BCUT2D eigenvalue weighted by atomic mass is 19.4. The van der Waals surface area contributed by atoms with Crippen LogP contribution in [0.3, 0.4) is 0 Å². The van der Waals surface area contributed by atoms with Crippen LogP contribution in [0, 0.1) is 0 Å². The molecule has 0 saturated heterocycles. The second-order valence-electron chi connectivity index (χ2n) is 4.39. The van der Waals surface area contributed by atoms with Crippen molar-refractivity contribution in [2.75, 3.05) is 26.7 Å². The Morgan fingerprint density at radius 3 is 2.19 bits per heavy atom. The minimum Gasteiger partial charge on any atom is -0.480 e. The van der Waals surface area contributed by atoms with Crippen molar-refractivity contribution in [1.82, 2.24) is 15.1 Å². The van der Waals surface area contributed by atoms with Gasteiger partial charge >= 0.3 is 18.2 Å². The number of carboxylic acid groups (broad SMARTS) is 1. The molecule has 0 saturated carbocycles. The summed E-state index contributed by atoms with van der Waals surface area (Å²) >= 11 is 0. The fraction of sp³-hybridized carbons (Fsp3) is 0.727. The molecule has 0 aromatic carbocycles. The SMILES string of the molecule is CCN(C)C(=O)C(C)NC(=O)N(CC(=O)O)CC(F)(F)F. The lowest BCUT2D eigenvalue weighted by Crippen LogP contribution is -2.53. The number of halogens is 3. The molecule has 0 heterocycles. The van der Waals surface area contributed by atoms with Crippen LogP contribution in [-0.2, 0) is 9.59 Å². The van der Waals surface area contributed by atoms with E-state index in [4.69, 9.17) is 5.11 Å². The van der Waals surface area contributed by atoms with Crippen LogP contribution < -0.4 is 5.32 Å². The number of rotatable bonds is 6. The molecule has 0 radical (unpaired) electrons. The number of hydrogen-bond donors (Lipinski definition) is 2. The third-order valence-corrected chi connectivity index (χ3v) is 2.54. The Labute approximate surface area is 119 Å². The van der Waals surface area contributed by atoms with Gasteiger partial charge in [-0.15, -0.1) is 0 Å². The van der Waals surface area contributed by atoms with Gasteiger partial charge in [0.15, 0.2) is 0 Å². The van der Waals surface area contributed by atoms with E-state index in [1.54, 1.807) is 6.92 Å². The van der Waals surface area contributed by atoms with Crippen molar-refractivity contribution in [3.8, 4) is 0 Å². The molecule has 122 valence electrons. The fourth-order valence-corrected chi connectivity index (χ4v) is 1.40. The summed E-state index contributed by atoms with van der Waals surface area (Å²) in [4.78, 5) is 35.2. The Morgan fingerprint density at radius 1 is 1.29 bits per heavy atom. The second-order valence-corrected chi connectivity index (χ2v) is 4.39. The Kier molecular flexibility index (Phi) is 6.96. The number of nitrogens with zero attached hydrogens (tertiary/aromatic N) is 2. The normalized spacial score (nSPS) is 12.5. The lowest BCUT2D eigenvalue weighted by molar-refractivity contribution is -0.149. The molecule has 1 atom stereocenters. The highest BCUT2D eigenvalue weighted by Crippen LogP contribution is 2.16. The maximum Gasteiger partial charge on any atom is 0.406 e. The molecule has 0 aliphatic heterocycles. The monoisotopic (exact) mass is 313 g/mol. The lowest BCUT2D eigenvalue weighted by Gasteiger charge is -2.26. The zero-order chi connectivity index (χ0) is 16.8. The van der Waals surface area contributed by atoms with E-state index in [2.05, 4.69) is 5.32 Å². The van der Waals surface area contributed by atoms with Gasteiger partial charge in [0, 0.05) is 13.6 Å². The van der Waals surface area contributed by atoms with Gasteiger partial charge in [0.1, 0.15) is 19.1 Å². The van der Waals surface area contributed by atoms with E-state index in [9.17, 15) is 27.6 Å². The average molecular weight is 313 g/mol. The first-order chi connectivity index (χ1) is 9.47. The van der Waals surface area contributed by atoms with Crippen LogP contribution in [0.15, 0.2) is 0 Å². The molecule has 0 aliphatic rings. The molecular formula is C11H18F3N3O4. The molecule has 0 bridgehead atoms. The number of hydrogen-bond acceptors (Lipinski definition) is 3. The van der Waals surface area contributed by atoms with E-state index in [0.29, 0.717) is 6.54 Å². The first-order valence-electron chi connectivity index (χ1n) is 6.06. The van der Waals surface area contributed by atoms with Gasteiger partial charge in [-0.2, -0.15) is 13.2 Å². The number of carbonyl (C=O) groups is 3. The van der Waals surface area contributed by atoms with Crippen LogP contribution in [-0.4, -0.2) is 71.7 Å². The van der Waals surface area contributed by atoms with Crippen LogP contribution in [0.1, 0.15) is 13.8 Å². The van der Waals surface area contributed by atoms with Gasteiger partial charge in [0.05, 0.1) is 0 Å². The van der Waals surface area contributed by atoms with Gasteiger partial charge in [0.25, 0.3) is 0 Å². The van der Waals surface area contributed by atoms with Crippen LogP contribution >= 0.6 is 0 Å². The second kappa shape index (κ2) is 7.70. The van der Waals surface area contributed by atoms with E-state index in [0.717, 1.165) is 0 Å². The number of nitrogens with one attached hydrogen (secondary N) is 1. The summed E-state index contributed by atoms with van der Waals surface area (Å²) in [6.07, 6.45) is -4.74. The molecule has 0 aliphatic carbocycles. The Bertz CT molecular complexity index is 401. The zero-order valence-electron chi connectivity index (χ0n) is 11.9. The van der Waals surface area contributed by atoms with Crippen LogP contribution in [0.5, 0.6) is 0 Å². The summed E-state index contributed by atoms with van der Waals surface area (Å²) in [5.74, 6) is -2.08. The molecule has 0 aromatic heterocycles. The smallest absolute Gasteiger partial charge is 0.406 e. The van der Waals surface area contributed by atoms with Crippen LogP contribution in [0.4, 0.5) is 18.0 Å². The molecule has 0 rings (SSSR count). The standard InChI is InChI=1S/C11H18F3N3O4/c1-4-16(3)9(20)7(2)15-10(21)17(5-8(18)19)6-11(12,13)14/h7H,4-6H2,1-3H3,(H,15,21)(H,18,19). The van der Waals surface area contributed by atoms with Crippen molar-refractivity contribution >= 4 is 17.9 Å². The number of aliphatic carboxylic acids is 1. The number of carbonyl (C=O) groups excluding carboxylic acids is 2. The molecule has 7 nitrogen and oxygen atoms in total. The number of likely N-dealkylation sites (N-methyl/N-ethyl adjacent to an activating group) is 1. The van der Waals surface area contributed by atoms with E-state index < -0.39 is 43.2 Å². The van der Waals surface area contributed by atoms with Crippen molar-refractivity contribution in [2.45, 2.75) is 26.1 Å². The highest BCUT2D eigenvalue weighted by molar-refractivity contribution is 5.87. The summed E-state index contributed by atoms with van der Waals surface area (Å²) < 4.78 is 36.9. The predicted molar refractivity (Wildman–Crippen MR) is 66.6 cm³/mol. The molecule has 0 fully saturated rings. The average Bonchev–Trinajstić information content (AvgIpc) is 2.33. The Hall–Kier alpha value is -2.00. The molecule has 3 amide bonds. The van der Waals surface area contributed by atoms with Crippen molar-refractivity contribution in [1.29, 1.82) is 0 Å². The van der Waals surface area contributed by atoms with Crippen molar-refractivity contribution in [3.05, 3.63) is 0 Å². The number of urea groups is 1. The summed E-state index contributed by atoms with van der Waals surface area (Å²) in [5, 5.41) is 10.6. The van der Waals surface area contributed by atoms with E-state index in [1.807, 2.05) is 0 Å². The zero-order valence-corrected chi connectivity index (χ0v) is 11.9. The summed E-state index contributed by atoms with van der Waals surface area (Å²) in [5.41, 5.74) is 0. The molecular weight excluding hydrogens is 295 g/mol. The molecule has 0 aromatic rings. The van der Waals surface area contributed by atoms with E-state index >= 15 is 0 Å². The third-order valence-electron chi connectivity index (χ3n) is 2.54. The highest BCUT2D eigenvalue weighted by Gasteiger charge is 2.34. The number of carboxylic acids is 1. The van der Waals surface area contributed by atoms with Gasteiger partial charge in [-0.05, 0) is 13.8 Å². The Balaban J connectivity index is 4.81. The van der Waals surface area contributed by atoms with Gasteiger partial charge < -0.3 is 20.2 Å². The minimum absolute atomic E-state index is 0.0814. The lowest BCUT2D eigenvalue weighted by atomic mass is 10.3. The maximum atomic E-state index is 12.3.